The number of nitrogens with zero attached hydrogens (tertiary/aromatic N) is 1. The molecule has 0 saturated heterocycles. The summed E-state index contributed by atoms with van der Waals surface area (Å²) in [4.78, 5) is 20.8. The zero-order valence-electron chi connectivity index (χ0n) is 9.54. The molecule has 6 heteroatoms. The van der Waals surface area contributed by atoms with Gasteiger partial charge in [-0.1, -0.05) is 12.1 Å². The monoisotopic (exact) mass is 239 g/mol. The smallest absolute Gasteiger partial charge is 0.332 e. The normalized spacial score (nSPS) is 12.1. The Morgan fingerprint density at radius 3 is 2.76 bits per heavy atom. The van der Waals surface area contributed by atoms with E-state index in [1.807, 2.05) is 0 Å². The van der Waals surface area contributed by atoms with Gasteiger partial charge >= 0.3 is 5.97 Å². The molecule has 0 aliphatic heterocycles. The lowest BCUT2D eigenvalue weighted by Crippen LogP contribution is -2.19. The van der Waals surface area contributed by atoms with E-state index in [1.54, 1.807) is 19.1 Å². The topological polar surface area (TPSA) is 89.7 Å². The molecule has 1 aromatic rings. The fourth-order valence-corrected chi connectivity index (χ4v) is 1.31. The van der Waals surface area contributed by atoms with E-state index in [0.717, 1.165) is 0 Å². The van der Waals surface area contributed by atoms with Crippen molar-refractivity contribution in [3.63, 3.8) is 0 Å². The predicted octanol–water partition coefficient (Wildman–Crippen LogP) is 1.89. The Morgan fingerprint density at radius 1 is 1.59 bits per heavy atom. The van der Waals surface area contributed by atoms with Crippen LogP contribution in [0, 0.1) is 17.0 Å². The summed E-state index contributed by atoms with van der Waals surface area (Å²) in [7, 11) is 0. The summed E-state index contributed by atoms with van der Waals surface area (Å²) in [5.41, 5.74) is 1.12. The third kappa shape index (κ3) is 3.25. The van der Waals surface area contributed by atoms with Crippen molar-refractivity contribution in [2.75, 3.05) is 0 Å². The number of hydrogen-bond donors (Lipinski definition) is 1. The molecular weight excluding hydrogens is 226 g/mol. The van der Waals surface area contributed by atoms with Crippen LogP contribution < -0.4 is 0 Å². The van der Waals surface area contributed by atoms with Crippen molar-refractivity contribution in [2.24, 2.45) is 0 Å². The van der Waals surface area contributed by atoms with Gasteiger partial charge in [0.1, 0.15) is 0 Å². The third-order valence-corrected chi connectivity index (χ3v) is 2.45. The summed E-state index contributed by atoms with van der Waals surface area (Å²) in [5, 5.41) is 19.3. The maximum atomic E-state index is 10.7. The summed E-state index contributed by atoms with van der Waals surface area (Å²) in [5.74, 6) is -1.06. The molecule has 1 N–H and O–H groups in total. The van der Waals surface area contributed by atoms with Crippen LogP contribution in [-0.2, 0) is 16.1 Å². The Labute approximate surface area is 98.0 Å². The molecule has 1 aromatic carbocycles. The minimum absolute atomic E-state index is 0.00841. The predicted molar refractivity (Wildman–Crippen MR) is 59.7 cm³/mol. The Kier molecular flexibility index (Phi) is 4.17. The molecule has 0 saturated carbocycles. The van der Waals surface area contributed by atoms with Gasteiger partial charge in [0.05, 0.1) is 11.5 Å². The van der Waals surface area contributed by atoms with Crippen LogP contribution in [0.4, 0.5) is 5.69 Å². The van der Waals surface area contributed by atoms with Gasteiger partial charge in [-0.15, -0.1) is 0 Å². The number of rotatable bonds is 5. The van der Waals surface area contributed by atoms with Crippen LogP contribution in [0.1, 0.15) is 18.1 Å². The molecule has 0 aromatic heterocycles. The van der Waals surface area contributed by atoms with Crippen molar-refractivity contribution in [1.29, 1.82) is 0 Å². The average molecular weight is 239 g/mol. The number of carboxylic acids is 1. The number of benzene rings is 1. The molecule has 0 spiro atoms. The van der Waals surface area contributed by atoms with Gasteiger partial charge in [0.2, 0.25) is 0 Å². The van der Waals surface area contributed by atoms with E-state index < -0.39 is 17.0 Å². The summed E-state index contributed by atoms with van der Waals surface area (Å²) in [6, 6.07) is 4.63. The molecule has 1 atom stereocenters. The molecular formula is C11H13NO5. The quantitative estimate of drug-likeness (QED) is 0.626. The van der Waals surface area contributed by atoms with E-state index in [4.69, 9.17) is 9.84 Å². The van der Waals surface area contributed by atoms with Crippen molar-refractivity contribution in [3.8, 4) is 0 Å². The van der Waals surface area contributed by atoms with E-state index in [-0.39, 0.29) is 12.3 Å². The summed E-state index contributed by atoms with van der Waals surface area (Å²) >= 11 is 0. The summed E-state index contributed by atoms with van der Waals surface area (Å²) in [6.07, 6.45) is -0.936. The number of hydrogen-bond acceptors (Lipinski definition) is 4. The highest BCUT2D eigenvalue weighted by Gasteiger charge is 2.15. The van der Waals surface area contributed by atoms with E-state index >= 15 is 0 Å². The fraction of sp³-hybridized carbons (Fsp3) is 0.364. The van der Waals surface area contributed by atoms with Gasteiger partial charge in [0.15, 0.2) is 6.10 Å². The first-order chi connectivity index (χ1) is 7.93. The zero-order chi connectivity index (χ0) is 13.0. The first-order valence-electron chi connectivity index (χ1n) is 5.00. The molecule has 0 bridgehead atoms. The van der Waals surface area contributed by atoms with Crippen LogP contribution in [0.2, 0.25) is 0 Å². The molecule has 0 amide bonds. The standard InChI is InChI=1S/C11H13NO5/c1-7-9(6-17-8(2)11(13)14)4-3-5-10(7)12(15)16/h3-5,8H,6H2,1-2H3,(H,13,14)/t8-/m1/s1. The van der Waals surface area contributed by atoms with Crippen LogP contribution >= 0.6 is 0 Å². The van der Waals surface area contributed by atoms with Crippen LogP contribution in [0.15, 0.2) is 18.2 Å². The molecule has 0 aliphatic rings. The molecule has 17 heavy (non-hydrogen) atoms. The Bertz CT molecular complexity index is 443. The highest BCUT2D eigenvalue weighted by Crippen LogP contribution is 2.21. The van der Waals surface area contributed by atoms with E-state index in [2.05, 4.69) is 0 Å². The maximum Gasteiger partial charge on any atom is 0.332 e. The molecule has 0 radical (unpaired) electrons. The Hall–Kier alpha value is -1.95. The summed E-state index contributed by atoms with van der Waals surface area (Å²) < 4.78 is 5.08. The van der Waals surface area contributed by atoms with Crippen molar-refractivity contribution >= 4 is 11.7 Å². The van der Waals surface area contributed by atoms with Crippen molar-refractivity contribution in [3.05, 3.63) is 39.4 Å². The molecule has 1 rings (SSSR count). The van der Waals surface area contributed by atoms with Crippen molar-refractivity contribution in [2.45, 2.75) is 26.6 Å². The van der Waals surface area contributed by atoms with Gasteiger partial charge in [-0.2, -0.15) is 0 Å². The first-order valence-corrected chi connectivity index (χ1v) is 5.00. The van der Waals surface area contributed by atoms with Crippen LogP contribution in [0.25, 0.3) is 0 Å². The van der Waals surface area contributed by atoms with E-state index in [0.29, 0.717) is 11.1 Å². The SMILES string of the molecule is Cc1c(CO[C@H](C)C(=O)O)cccc1[N+](=O)[O-]. The van der Waals surface area contributed by atoms with Crippen molar-refractivity contribution < 1.29 is 19.6 Å². The molecule has 0 aliphatic carbocycles. The van der Waals surface area contributed by atoms with Gasteiger partial charge in [-0.3, -0.25) is 10.1 Å². The lowest BCUT2D eigenvalue weighted by Gasteiger charge is -2.10. The molecule has 0 fully saturated rings. The third-order valence-electron chi connectivity index (χ3n) is 2.45. The lowest BCUT2D eigenvalue weighted by atomic mass is 10.1. The Balaban J connectivity index is 2.82. The summed E-state index contributed by atoms with van der Waals surface area (Å²) in [6.45, 7) is 3.07. The van der Waals surface area contributed by atoms with Gasteiger partial charge in [-0.05, 0) is 19.4 Å². The second-order valence-electron chi connectivity index (χ2n) is 3.61. The second-order valence-corrected chi connectivity index (χ2v) is 3.61. The van der Waals surface area contributed by atoms with E-state index in [1.165, 1.54) is 13.0 Å². The first kappa shape index (κ1) is 13.1. The highest BCUT2D eigenvalue weighted by atomic mass is 16.6. The Morgan fingerprint density at radius 2 is 2.24 bits per heavy atom. The largest absolute Gasteiger partial charge is 0.479 e. The van der Waals surface area contributed by atoms with Crippen LogP contribution in [0.3, 0.4) is 0 Å². The van der Waals surface area contributed by atoms with Gasteiger partial charge < -0.3 is 9.84 Å². The zero-order valence-corrected chi connectivity index (χ0v) is 9.54. The number of nitro groups is 1. The van der Waals surface area contributed by atoms with Gasteiger partial charge in [0, 0.05) is 11.6 Å². The number of nitro benzene ring substituents is 1. The van der Waals surface area contributed by atoms with Crippen LogP contribution in [-0.4, -0.2) is 22.1 Å². The number of carbonyl (C=O) groups is 1. The fourth-order valence-electron chi connectivity index (χ4n) is 1.31. The lowest BCUT2D eigenvalue weighted by molar-refractivity contribution is -0.385. The highest BCUT2D eigenvalue weighted by molar-refractivity contribution is 5.71. The second kappa shape index (κ2) is 5.40. The van der Waals surface area contributed by atoms with Crippen molar-refractivity contribution in [1.82, 2.24) is 0 Å². The number of carboxylic acid groups (broad SMARTS) is 1. The van der Waals surface area contributed by atoms with Gasteiger partial charge in [-0.25, -0.2) is 4.79 Å². The number of ether oxygens (including phenoxy) is 1. The van der Waals surface area contributed by atoms with E-state index in [9.17, 15) is 14.9 Å². The van der Waals surface area contributed by atoms with Gasteiger partial charge in [0.25, 0.3) is 5.69 Å². The maximum absolute atomic E-state index is 10.7. The molecule has 0 heterocycles. The molecule has 92 valence electrons. The average Bonchev–Trinajstić information content (AvgIpc) is 2.26. The molecule has 0 unspecified atom stereocenters. The minimum Gasteiger partial charge on any atom is -0.479 e. The number of aliphatic carboxylic acids is 1. The van der Waals surface area contributed by atoms with Crippen LogP contribution in [0.5, 0.6) is 0 Å². The minimum atomic E-state index is -1.06. The molecule has 6 nitrogen and oxygen atoms in total.